The molecule has 1 atom stereocenters. The van der Waals surface area contributed by atoms with Gasteiger partial charge in [0.05, 0.1) is 12.7 Å². The fourth-order valence-corrected chi connectivity index (χ4v) is 2.13. The molecule has 0 fully saturated rings. The number of nitrogens with one attached hydrogen (secondary N) is 3. The Bertz CT molecular complexity index is 764. The van der Waals surface area contributed by atoms with Crippen molar-refractivity contribution in [2.24, 2.45) is 0 Å². The summed E-state index contributed by atoms with van der Waals surface area (Å²) in [6.07, 6.45) is 1.60. The van der Waals surface area contributed by atoms with E-state index in [0.717, 1.165) is 5.56 Å². The summed E-state index contributed by atoms with van der Waals surface area (Å²) in [5.41, 5.74) is 5.41. The first-order chi connectivity index (χ1) is 12.5. The molecule has 4 N–H and O–H groups in total. The molecule has 0 radical (unpaired) electrons. The summed E-state index contributed by atoms with van der Waals surface area (Å²) >= 11 is 0. The van der Waals surface area contributed by atoms with Gasteiger partial charge in [-0.25, -0.2) is 4.79 Å². The molecule has 1 aromatic carbocycles. The van der Waals surface area contributed by atoms with Crippen molar-refractivity contribution >= 4 is 17.9 Å². The predicted octanol–water partition coefficient (Wildman–Crippen LogP) is 0.730. The molecule has 0 saturated carbocycles. The lowest BCUT2D eigenvalue weighted by atomic mass is 10.1. The van der Waals surface area contributed by atoms with Crippen LogP contribution in [0.25, 0.3) is 0 Å². The third-order valence-electron chi connectivity index (χ3n) is 3.44. The highest BCUT2D eigenvalue weighted by Crippen LogP contribution is 2.12. The molecule has 136 valence electrons. The number of pyridine rings is 1. The van der Waals surface area contributed by atoms with E-state index in [-0.39, 0.29) is 12.0 Å². The minimum absolute atomic E-state index is 0.102. The van der Waals surface area contributed by atoms with Crippen LogP contribution in [0.4, 0.5) is 4.79 Å². The SMILES string of the molecule is COc1ccc(CC(NC(=O)O)C(=O)NNC(=O)c2cccnc2)cc1. The van der Waals surface area contributed by atoms with Crippen LogP contribution in [-0.4, -0.2) is 41.1 Å². The fraction of sp³-hybridized carbons (Fsp3) is 0.176. The van der Waals surface area contributed by atoms with E-state index >= 15 is 0 Å². The predicted molar refractivity (Wildman–Crippen MR) is 91.5 cm³/mol. The van der Waals surface area contributed by atoms with Gasteiger partial charge in [0, 0.05) is 18.8 Å². The topological polar surface area (TPSA) is 130 Å². The molecule has 9 nitrogen and oxygen atoms in total. The number of nitrogens with zero attached hydrogens (tertiary/aromatic N) is 1. The van der Waals surface area contributed by atoms with Gasteiger partial charge in [-0.15, -0.1) is 0 Å². The summed E-state index contributed by atoms with van der Waals surface area (Å²) in [6, 6.07) is 8.86. The number of carbonyl (C=O) groups excluding carboxylic acids is 2. The first kappa shape index (κ1) is 18.7. The van der Waals surface area contributed by atoms with Gasteiger partial charge >= 0.3 is 6.09 Å². The van der Waals surface area contributed by atoms with Crippen LogP contribution < -0.4 is 20.9 Å². The Kier molecular flexibility index (Phi) is 6.49. The van der Waals surface area contributed by atoms with Crippen molar-refractivity contribution in [1.29, 1.82) is 0 Å². The third-order valence-corrected chi connectivity index (χ3v) is 3.44. The second-order valence-electron chi connectivity index (χ2n) is 5.24. The summed E-state index contributed by atoms with van der Waals surface area (Å²) in [7, 11) is 1.53. The van der Waals surface area contributed by atoms with E-state index in [1.807, 2.05) is 0 Å². The molecule has 0 aliphatic heterocycles. The molecule has 0 saturated heterocycles. The zero-order chi connectivity index (χ0) is 18.9. The maximum absolute atomic E-state index is 12.2. The van der Waals surface area contributed by atoms with Gasteiger partial charge in [-0.3, -0.25) is 25.4 Å². The molecule has 1 aromatic heterocycles. The number of rotatable bonds is 6. The number of carboxylic acid groups (broad SMARTS) is 1. The minimum atomic E-state index is -1.35. The Labute approximate surface area is 149 Å². The molecule has 3 amide bonds. The van der Waals surface area contributed by atoms with E-state index in [1.54, 1.807) is 30.3 Å². The number of hydrogen-bond donors (Lipinski definition) is 4. The van der Waals surface area contributed by atoms with Gasteiger partial charge in [0.2, 0.25) is 0 Å². The average molecular weight is 358 g/mol. The quantitative estimate of drug-likeness (QED) is 0.563. The fourth-order valence-electron chi connectivity index (χ4n) is 2.13. The normalized spacial score (nSPS) is 11.1. The highest BCUT2D eigenvalue weighted by Gasteiger charge is 2.21. The van der Waals surface area contributed by atoms with E-state index in [1.165, 1.54) is 25.6 Å². The van der Waals surface area contributed by atoms with E-state index in [0.29, 0.717) is 5.75 Å². The summed E-state index contributed by atoms with van der Waals surface area (Å²) < 4.78 is 5.05. The van der Waals surface area contributed by atoms with Crippen LogP contribution >= 0.6 is 0 Å². The summed E-state index contributed by atoms with van der Waals surface area (Å²) in [5.74, 6) is -0.616. The summed E-state index contributed by atoms with van der Waals surface area (Å²) in [6.45, 7) is 0. The van der Waals surface area contributed by atoms with E-state index in [2.05, 4.69) is 21.2 Å². The van der Waals surface area contributed by atoms with Crippen LogP contribution in [0.5, 0.6) is 5.75 Å². The first-order valence-electron chi connectivity index (χ1n) is 7.62. The molecule has 1 heterocycles. The van der Waals surface area contributed by atoms with Crippen LogP contribution in [0, 0.1) is 0 Å². The molecule has 0 bridgehead atoms. The van der Waals surface area contributed by atoms with Gasteiger partial charge in [-0.1, -0.05) is 12.1 Å². The lowest BCUT2D eigenvalue weighted by Crippen LogP contribution is -2.53. The Morgan fingerprint density at radius 3 is 2.46 bits per heavy atom. The van der Waals surface area contributed by atoms with Crippen molar-refractivity contribution in [3.8, 4) is 5.75 Å². The zero-order valence-corrected chi connectivity index (χ0v) is 13.9. The van der Waals surface area contributed by atoms with Crippen molar-refractivity contribution in [3.05, 3.63) is 59.9 Å². The van der Waals surface area contributed by atoms with E-state index in [9.17, 15) is 14.4 Å². The Hall–Kier alpha value is -3.62. The monoisotopic (exact) mass is 358 g/mol. The molecule has 26 heavy (non-hydrogen) atoms. The molecule has 2 rings (SSSR count). The largest absolute Gasteiger partial charge is 0.497 e. The number of amides is 3. The molecular formula is C17H18N4O5. The number of hydrogen-bond acceptors (Lipinski definition) is 5. The third kappa shape index (κ3) is 5.48. The molecule has 2 aromatic rings. The van der Waals surface area contributed by atoms with Gasteiger partial charge in [-0.2, -0.15) is 0 Å². The Morgan fingerprint density at radius 1 is 1.15 bits per heavy atom. The lowest BCUT2D eigenvalue weighted by Gasteiger charge is -2.17. The molecule has 0 aliphatic carbocycles. The number of hydrazine groups is 1. The molecule has 1 unspecified atom stereocenters. The molecule has 0 aliphatic rings. The summed E-state index contributed by atoms with van der Waals surface area (Å²) in [4.78, 5) is 38.9. The number of benzene rings is 1. The van der Waals surface area contributed by atoms with Crippen LogP contribution in [0.1, 0.15) is 15.9 Å². The van der Waals surface area contributed by atoms with Crippen molar-refractivity contribution < 1.29 is 24.2 Å². The van der Waals surface area contributed by atoms with Crippen molar-refractivity contribution in [1.82, 2.24) is 21.2 Å². The maximum Gasteiger partial charge on any atom is 0.405 e. The molecular weight excluding hydrogens is 340 g/mol. The van der Waals surface area contributed by atoms with Gasteiger partial charge in [0.25, 0.3) is 11.8 Å². The van der Waals surface area contributed by atoms with Gasteiger partial charge < -0.3 is 15.2 Å². The van der Waals surface area contributed by atoms with Crippen LogP contribution in [0.3, 0.4) is 0 Å². The summed E-state index contributed by atoms with van der Waals surface area (Å²) in [5, 5.41) is 11.1. The first-order valence-corrected chi connectivity index (χ1v) is 7.62. The van der Waals surface area contributed by atoms with Gasteiger partial charge in [0.15, 0.2) is 0 Å². The highest BCUT2D eigenvalue weighted by molar-refractivity contribution is 5.95. The second kappa shape index (κ2) is 9.02. The van der Waals surface area contributed by atoms with E-state index < -0.39 is 23.9 Å². The van der Waals surface area contributed by atoms with Crippen molar-refractivity contribution in [3.63, 3.8) is 0 Å². The van der Waals surface area contributed by atoms with Crippen LogP contribution in [-0.2, 0) is 11.2 Å². The Morgan fingerprint density at radius 2 is 1.88 bits per heavy atom. The van der Waals surface area contributed by atoms with E-state index in [4.69, 9.17) is 9.84 Å². The Balaban J connectivity index is 1.99. The number of aromatic nitrogens is 1. The zero-order valence-electron chi connectivity index (χ0n) is 13.9. The van der Waals surface area contributed by atoms with Crippen LogP contribution in [0.2, 0.25) is 0 Å². The molecule has 0 spiro atoms. The smallest absolute Gasteiger partial charge is 0.405 e. The average Bonchev–Trinajstić information content (AvgIpc) is 2.66. The number of methoxy groups -OCH3 is 1. The van der Waals surface area contributed by atoms with Gasteiger partial charge in [0.1, 0.15) is 11.8 Å². The number of ether oxygens (including phenoxy) is 1. The highest BCUT2D eigenvalue weighted by atomic mass is 16.5. The second-order valence-corrected chi connectivity index (χ2v) is 5.24. The maximum atomic E-state index is 12.2. The van der Waals surface area contributed by atoms with Crippen LogP contribution in [0.15, 0.2) is 48.8 Å². The lowest BCUT2D eigenvalue weighted by molar-refractivity contribution is -0.123. The minimum Gasteiger partial charge on any atom is -0.497 e. The van der Waals surface area contributed by atoms with Crippen molar-refractivity contribution in [2.75, 3.05) is 7.11 Å². The standard InChI is InChI=1S/C17H18N4O5/c1-26-13-6-4-11(5-7-13)9-14(19-17(24)25)16(23)21-20-15(22)12-3-2-8-18-10-12/h2-8,10,14,19H,9H2,1H3,(H,20,22)(H,21,23)(H,24,25). The molecule has 9 heteroatoms. The van der Waals surface area contributed by atoms with Crippen molar-refractivity contribution in [2.45, 2.75) is 12.5 Å². The van der Waals surface area contributed by atoms with Gasteiger partial charge in [-0.05, 0) is 29.8 Å². The number of carbonyl (C=O) groups is 3.